The molecule has 0 aromatic carbocycles. The molecule has 0 saturated carbocycles. The summed E-state index contributed by atoms with van der Waals surface area (Å²) >= 11 is 0. The zero-order chi connectivity index (χ0) is 10.7. The second kappa shape index (κ2) is 10.0. The molecule has 0 rings (SSSR count). The van der Waals surface area contributed by atoms with Crippen molar-refractivity contribution >= 4 is 0 Å². The molecule has 82 valence electrons. The van der Waals surface area contributed by atoms with Crippen LogP contribution >= 0.6 is 0 Å². The first kappa shape index (κ1) is 15.4. The van der Waals surface area contributed by atoms with E-state index in [1.807, 2.05) is 20.8 Å². The van der Waals surface area contributed by atoms with Crippen molar-refractivity contribution in [2.45, 2.75) is 53.6 Å². The highest BCUT2D eigenvalue weighted by molar-refractivity contribution is 4.63. The van der Waals surface area contributed by atoms with Gasteiger partial charge < -0.3 is 9.47 Å². The highest BCUT2D eigenvalue weighted by atomic mass is 16.5. The first-order valence-electron chi connectivity index (χ1n) is 5.25. The summed E-state index contributed by atoms with van der Waals surface area (Å²) in [5.74, 6) is 0. The number of hydrogen-bond acceptors (Lipinski definition) is 2. The van der Waals surface area contributed by atoms with E-state index in [1.165, 1.54) is 0 Å². The Kier molecular flexibility index (Phi) is 11.8. The largest absolute Gasteiger partial charge is 0.382 e. The summed E-state index contributed by atoms with van der Waals surface area (Å²) in [6.07, 6.45) is 1.08. The molecule has 2 heteroatoms. The minimum Gasteiger partial charge on any atom is -0.382 e. The Bertz CT molecular complexity index is 88.1. The van der Waals surface area contributed by atoms with Crippen molar-refractivity contribution in [3.05, 3.63) is 0 Å². The van der Waals surface area contributed by atoms with Crippen LogP contribution in [0.1, 0.15) is 48.0 Å². The lowest BCUT2D eigenvalue weighted by atomic mass is 10.1. The number of hydrogen-bond donors (Lipinski definition) is 0. The van der Waals surface area contributed by atoms with Crippen LogP contribution in [0, 0.1) is 0 Å². The van der Waals surface area contributed by atoms with E-state index in [0.717, 1.165) is 26.2 Å². The van der Waals surface area contributed by atoms with Gasteiger partial charge in [-0.05, 0) is 41.0 Å². The van der Waals surface area contributed by atoms with Crippen molar-refractivity contribution in [2.24, 2.45) is 0 Å². The summed E-state index contributed by atoms with van der Waals surface area (Å²) in [6, 6.07) is 0. The maximum Gasteiger partial charge on any atom is 0.0623 e. The third kappa shape index (κ3) is 14.7. The van der Waals surface area contributed by atoms with Crippen molar-refractivity contribution in [1.82, 2.24) is 0 Å². The highest BCUT2D eigenvalue weighted by Gasteiger charge is 2.12. The Hall–Kier alpha value is -0.0800. The lowest BCUT2D eigenvalue weighted by Crippen LogP contribution is -2.22. The van der Waals surface area contributed by atoms with Crippen molar-refractivity contribution in [3.63, 3.8) is 0 Å². The van der Waals surface area contributed by atoms with Gasteiger partial charge in [0.05, 0.1) is 5.60 Å². The van der Waals surface area contributed by atoms with E-state index in [4.69, 9.17) is 9.47 Å². The van der Waals surface area contributed by atoms with Crippen LogP contribution in [0.5, 0.6) is 0 Å². The lowest BCUT2D eigenvalue weighted by Gasteiger charge is -2.21. The smallest absolute Gasteiger partial charge is 0.0623 e. The van der Waals surface area contributed by atoms with Crippen LogP contribution in [0.3, 0.4) is 0 Å². The molecule has 0 saturated heterocycles. The topological polar surface area (TPSA) is 18.5 Å². The van der Waals surface area contributed by atoms with Crippen LogP contribution in [0.15, 0.2) is 0 Å². The third-order valence-corrected chi connectivity index (χ3v) is 1.79. The van der Waals surface area contributed by atoms with Gasteiger partial charge in [-0.1, -0.05) is 6.92 Å². The van der Waals surface area contributed by atoms with Crippen molar-refractivity contribution in [1.29, 1.82) is 0 Å². The molecule has 0 aromatic heterocycles. The van der Waals surface area contributed by atoms with Crippen LogP contribution in [-0.4, -0.2) is 25.4 Å². The summed E-state index contributed by atoms with van der Waals surface area (Å²) in [5.41, 5.74) is 0.0920. The van der Waals surface area contributed by atoms with Gasteiger partial charge in [0.2, 0.25) is 0 Å². The molecule has 13 heavy (non-hydrogen) atoms. The van der Waals surface area contributed by atoms with Gasteiger partial charge in [0.1, 0.15) is 0 Å². The van der Waals surface area contributed by atoms with Gasteiger partial charge in [0.25, 0.3) is 0 Å². The van der Waals surface area contributed by atoms with Crippen LogP contribution < -0.4 is 0 Å². The first-order chi connectivity index (χ1) is 6.04. The van der Waals surface area contributed by atoms with Gasteiger partial charge in [-0.2, -0.15) is 0 Å². The molecule has 2 nitrogen and oxygen atoms in total. The molecule has 0 N–H and O–H groups in total. The zero-order valence-electron chi connectivity index (χ0n) is 10.1. The van der Waals surface area contributed by atoms with Gasteiger partial charge >= 0.3 is 0 Å². The highest BCUT2D eigenvalue weighted by Crippen LogP contribution is 2.12. The molecule has 0 aliphatic rings. The molecule has 0 bridgehead atoms. The van der Waals surface area contributed by atoms with Crippen molar-refractivity contribution in [2.75, 3.05) is 19.8 Å². The van der Waals surface area contributed by atoms with Gasteiger partial charge in [-0.15, -0.1) is 0 Å². The summed E-state index contributed by atoms with van der Waals surface area (Å²) in [4.78, 5) is 0. The average molecular weight is 190 g/mol. The Morgan fingerprint density at radius 1 is 0.846 bits per heavy atom. The standard InChI is InChI=1S/C7H16O.C4H10O/c1-5-7(3,4)8-6-2;1-3-5-4-2/h5-6H2,1-4H3;3-4H2,1-2H3. The van der Waals surface area contributed by atoms with Gasteiger partial charge in [0, 0.05) is 19.8 Å². The monoisotopic (exact) mass is 190 g/mol. The molecule has 0 aliphatic heterocycles. The van der Waals surface area contributed by atoms with Crippen molar-refractivity contribution in [3.8, 4) is 0 Å². The molecule has 0 heterocycles. The van der Waals surface area contributed by atoms with E-state index in [1.54, 1.807) is 0 Å². The van der Waals surface area contributed by atoms with Crippen molar-refractivity contribution < 1.29 is 9.47 Å². The maximum absolute atomic E-state index is 5.38. The fraction of sp³-hybridized carbons (Fsp3) is 1.00. The molecule has 0 fully saturated rings. The lowest BCUT2D eigenvalue weighted by molar-refractivity contribution is -0.0124. The van der Waals surface area contributed by atoms with E-state index < -0.39 is 0 Å². The summed E-state index contributed by atoms with van der Waals surface area (Å²) in [5, 5.41) is 0. The molecular weight excluding hydrogens is 164 g/mol. The normalized spacial score (nSPS) is 10.6. The minimum absolute atomic E-state index is 0.0920. The van der Waals surface area contributed by atoms with E-state index in [2.05, 4.69) is 20.8 Å². The van der Waals surface area contributed by atoms with Crippen LogP contribution in [0.2, 0.25) is 0 Å². The fourth-order valence-electron chi connectivity index (χ4n) is 0.697. The Labute approximate surface area is 83.6 Å². The Morgan fingerprint density at radius 2 is 1.31 bits per heavy atom. The van der Waals surface area contributed by atoms with Crippen LogP contribution in [0.25, 0.3) is 0 Å². The van der Waals surface area contributed by atoms with E-state index in [0.29, 0.717) is 0 Å². The SMILES string of the molecule is CCOC(C)(C)CC.CCOCC. The molecule has 0 unspecified atom stereocenters. The van der Waals surface area contributed by atoms with Crippen LogP contribution in [0.4, 0.5) is 0 Å². The van der Waals surface area contributed by atoms with Gasteiger partial charge in [-0.25, -0.2) is 0 Å². The Morgan fingerprint density at radius 3 is 1.38 bits per heavy atom. The molecule has 0 radical (unpaired) electrons. The zero-order valence-corrected chi connectivity index (χ0v) is 10.1. The third-order valence-electron chi connectivity index (χ3n) is 1.79. The van der Waals surface area contributed by atoms with Crippen LogP contribution in [-0.2, 0) is 9.47 Å². The summed E-state index contributed by atoms with van der Waals surface area (Å²) in [6.45, 7) is 14.9. The minimum atomic E-state index is 0.0920. The quantitative estimate of drug-likeness (QED) is 0.662. The van der Waals surface area contributed by atoms with E-state index in [9.17, 15) is 0 Å². The molecular formula is C11H26O2. The Balaban J connectivity index is 0. The van der Waals surface area contributed by atoms with Gasteiger partial charge in [0.15, 0.2) is 0 Å². The van der Waals surface area contributed by atoms with E-state index >= 15 is 0 Å². The first-order valence-corrected chi connectivity index (χ1v) is 5.25. The number of rotatable bonds is 5. The average Bonchev–Trinajstić information content (AvgIpc) is 2.07. The molecule has 0 atom stereocenters. The van der Waals surface area contributed by atoms with E-state index in [-0.39, 0.29) is 5.60 Å². The molecule has 0 aromatic rings. The maximum atomic E-state index is 5.38. The summed E-state index contributed by atoms with van der Waals surface area (Å²) < 4.78 is 10.2. The predicted octanol–water partition coefficient (Wildman–Crippen LogP) is 3.25. The number of ether oxygens (including phenoxy) is 2. The predicted molar refractivity (Wildman–Crippen MR) is 58.2 cm³/mol. The fourth-order valence-corrected chi connectivity index (χ4v) is 0.697. The summed E-state index contributed by atoms with van der Waals surface area (Å²) in [7, 11) is 0. The van der Waals surface area contributed by atoms with Gasteiger partial charge in [-0.3, -0.25) is 0 Å². The second-order valence-corrected chi connectivity index (χ2v) is 3.33. The molecule has 0 spiro atoms. The molecule has 0 amide bonds. The molecule has 0 aliphatic carbocycles. The second-order valence-electron chi connectivity index (χ2n) is 3.33.